The van der Waals surface area contributed by atoms with E-state index in [2.05, 4.69) is 20.9 Å². The average molecular weight is 262 g/mol. The summed E-state index contributed by atoms with van der Waals surface area (Å²) < 4.78 is 1.04. The van der Waals surface area contributed by atoms with Gasteiger partial charge in [0.15, 0.2) is 0 Å². The minimum absolute atomic E-state index is 0.259. The topological polar surface area (TPSA) is 38.4 Å². The largest absolute Gasteiger partial charge is 0.386 e. The maximum Gasteiger partial charge on any atom is 0.115 e. The lowest BCUT2D eigenvalue weighted by Crippen LogP contribution is -2.12. The number of halogens is 2. The van der Waals surface area contributed by atoms with Crippen LogP contribution >= 0.6 is 27.5 Å². The van der Waals surface area contributed by atoms with Crippen molar-refractivity contribution in [2.75, 3.05) is 5.88 Å². The molecule has 0 fully saturated rings. The van der Waals surface area contributed by atoms with Crippen molar-refractivity contribution in [3.63, 3.8) is 0 Å². The Hall–Kier alpha value is -0.540. The summed E-state index contributed by atoms with van der Waals surface area (Å²) in [6, 6.07) is 5.81. The van der Waals surface area contributed by atoms with E-state index in [1.165, 1.54) is 0 Å². The molecule has 0 aliphatic heterocycles. The summed E-state index contributed by atoms with van der Waals surface area (Å²) in [6.07, 6.45) is 0. The number of amidine groups is 1. The molecule has 0 spiro atoms. The lowest BCUT2D eigenvalue weighted by Gasteiger charge is -2.01. The fourth-order valence-corrected chi connectivity index (χ4v) is 1.46. The molecule has 0 atom stereocenters. The second kappa shape index (κ2) is 4.63. The zero-order valence-electron chi connectivity index (χ0n) is 7.22. The molecule has 0 saturated carbocycles. The number of hydrogen-bond donors (Lipinski definition) is 1. The number of aryl methyl sites for hydroxylation is 1. The second-order valence-electron chi connectivity index (χ2n) is 2.67. The fraction of sp³-hybridized carbons (Fsp3) is 0.222. The van der Waals surface area contributed by atoms with Gasteiger partial charge >= 0.3 is 0 Å². The van der Waals surface area contributed by atoms with Crippen LogP contribution in [-0.2, 0) is 0 Å². The molecule has 0 aliphatic carbocycles. The van der Waals surface area contributed by atoms with Crippen molar-refractivity contribution in [2.45, 2.75) is 6.92 Å². The second-order valence-corrected chi connectivity index (χ2v) is 3.85. The quantitative estimate of drug-likeness (QED) is 0.496. The van der Waals surface area contributed by atoms with Crippen molar-refractivity contribution in [3.8, 4) is 0 Å². The van der Waals surface area contributed by atoms with Gasteiger partial charge in [-0.05, 0) is 30.7 Å². The maximum atomic E-state index is 5.52. The predicted octanol–water partition coefficient (Wildman–Crippen LogP) is 2.99. The molecule has 1 aromatic carbocycles. The molecule has 0 aliphatic rings. The van der Waals surface area contributed by atoms with Crippen molar-refractivity contribution in [1.29, 1.82) is 0 Å². The van der Waals surface area contributed by atoms with E-state index in [1.54, 1.807) is 0 Å². The standard InChI is InChI=1S/C9H10BrClN2/c1-6-4-7(10)2-3-8(6)13-9(12)5-11/h2-4H,5H2,1H3,(H2,12,13). The van der Waals surface area contributed by atoms with E-state index >= 15 is 0 Å². The van der Waals surface area contributed by atoms with Gasteiger partial charge in [-0.15, -0.1) is 11.6 Å². The molecule has 0 bridgehead atoms. The molecule has 1 aromatic rings. The summed E-state index contributed by atoms with van der Waals surface area (Å²) in [5.41, 5.74) is 7.45. The maximum absolute atomic E-state index is 5.52. The highest BCUT2D eigenvalue weighted by Gasteiger charge is 1.97. The highest BCUT2D eigenvalue weighted by atomic mass is 79.9. The average Bonchev–Trinajstić information content (AvgIpc) is 2.09. The van der Waals surface area contributed by atoms with Crippen LogP contribution in [0.1, 0.15) is 5.56 Å². The van der Waals surface area contributed by atoms with Crippen LogP contribution < -0.4 is 5.73 Å². The van der Waals surface area contributed by atoms with Gasteiger partial charge in [-0.3, -0.25) is 0 Å². The van der Waals surface area contributed by atoms with Crippen molar-refractivity contribution in [1.82, 2.24) is 0 Å². The monoisotopic (exact) mass is 260 g/mol. The van der Waals surface area contributed by atoms with Crippen LogP contribution in [-0.4, -0.2) is 11.7 Å². The van der Waals surface area contributed by atoms with E-state index < -0.39 is 0 Å². The van der Waals surface area contributed by atoms with Crippen molar-refractivity contribution >= 4 is 39.1 Å². The lowest BCUT2D eigenvalue weighted by atomic mass is 10.2. The van der Waals surface area contributed by atoms with Gasteiger partial charge in [-0.2, -0.15) is 0 Å². The summed E-state index contributed by atoms with van der Waals surface area (Å²) >= 11 is 8.89. The van der Waals surface area contributed by atoms with Crippen LogP contribution in [0.25, 0.3) is 0 Å². The lowest BCUT2D eigenvalue weighted by molar-refractivity contribution is 1.36. The third-order valence-electron chi connectivity index (χ3n) is 1.56. The SMILES string of the molecule is Cc1cc(Br)ccc1N=C(N)CCl. The molecule has 0 amide bonds. The number of nitrogens with two attached hydrogens (primary N) is 1. The Kier molecular flexibility index (Phi) is 3.75. The molecule has 0 unspecified atom stereocenters. The van der Waals surface area contributed by atoms with Crippen molar-refractivity contribution in [3.05, 3.63) is 28.2 Å². The summed E-state index contributed by atoms with van der Waals surface area (Å²) in [6.45, 7) is 1.98. The molecular formula is C9H10BrClN2. The van der Waals surface area contributed by atoms with Gasteiger partial charge in [0.25, 0.3) is 0 Å². The van der Waals surface area contributed by atoms with Gasteiger partial charge in [0.2, 0.25) is 0 Å². The third-order valence-corrected chi connectivity index (χ3v) is 2.33. The smallest absolute Gasteiger partial charge is 0.115 e. The Labute approximate surface area is 90.9 Å². The zero-order chi connectivity index (χ0) is 9.84. The third kappa shape index (κ3) is 3.01. The van der Waals surface area contributed by atoms with Gasteiger partial charge in [0.1, 0.15) is 5.84 Å². The van der Waals surface area contributed by atoms with E-state index in [-0.39, 0.29) is 5.88 Å². The van der Waals surface area contributed by atoms with E-state index in [0.29, 0.717) is 5.84 Å². The molecule has 0 radical (unpaired) electrons. The van der Waals surface area contributed by atoms with Crippen LogP contribution in [0.5, 0.6) is 0 Å². The highest BCUT2D eigenvalue weighted by molar-refractivity contribution is 9.10. The minimum Gasteiger partial charge on any atom is -0.386 e. The molecule has 70 valence electrons. The molecule has 4 heteroatoms. The molecule has 2 N–H and O–H groups in total. The van der Waals surface area contributed by atoms with Gasteiger partial charge in [-0.1, -0.05) is 15.9 Å². The van der Waals surface area contributed by atoms with E-state index in [0.717, 1.165) is 15.7 Å². The Morgan fingerprint density at radius 1 is 1.62 bits per heavy atom. The number of rotatable bonds is 2. The predicted molar refractivity (Wildman–Crippen MR) is 60.9 cm³/mol. The van der Waals surface area contributed by atoms with Crippen molar-refractivity contribution in [2.24, 2.45) is 10.7 Å². The van der Waals surface area contributed by atoms with Gasteiger partial charge < -0.3 is 5.73 Å². The van der Waals surface area contributed by atoms with Crippen LogP contribution in [0, 0.1) is 6.92 Å². The van der Waals surface area contributed by atoms with Gasteiger partial charge in [0.05, 0.1) is 11.6 Å². The van der Waals surface area contributed by atoms with Crippen LogP contribution in [0.15, 0.2) is 27.7 Å². The molecule has 2 nitrogen and oxygen atoms in total. The molecule has 0 saturated heterocycles. The number of benzene rings is 1. The fourth-order valence-electron chi connectivity index (χ4n) is 0.929. The summed E-state index contributed by atoms with van der Waals surface area (Å²) in [4.78, 5) is 4.16. The Morgan fingerprint density at radius 2 is 2.31 bits per heavy atom. The zero-order valence-corrected chi connectivity index (χ0v) is 9.56. The molecule has 13 heavy (non-hydrogen) atoms. The summed E-state index contributed by atoms with van der Waals surface area (Å²) in [5, 5.41) is 0. The normalized spacial score (nSPS) is 11.8. The number of aliphatic imine (C=N–C) groups is 1. The Balaban J connectivity index is 3.03. The van der Waals surface area contributed by atoms with Crippen molar-refractivity contribution < 1.29 is 0 Å². The number of nitrogens with zero attached hydrogens (tertiary/aromatic N) is 1. The molecule has 1 rings (SSSR count). The van der Waals surface area contributed by atoms with Gasteiger partial charge in [-0.25, -0.2) is 4.99 Å². The van der Waals surface area contributed by atoms with E-state index in [9.17, 15) is 0 Å². The molecule has 0 aromatic heterocycles. The van der Waals surface area contributed by atoms with Crippen LogP contribution in [0.4, 0.5) is 5.69 Å². The first kappa shape index (κ1) is 10.5. The first-order valence-electron chi connectivity index (χ1n) is 3.78. The number of hydrogen-bond acceptors (Lipinski definition) is 1. The number of alkyl halides is 1. The van der Waals surface area contributed by atoms with E-state index in [4.69, 9.17) is 17.3 Å². The van der Waals surface area contributed by atoms with Crippen LogP contribution in [0.3, 0.4) is 0 Å². The summed E-state index contributed by atoms with van der Waals surface area (Å²) in [5.74, 6) is 0.697. The van der Waals surface area contributed by atoms with Crippen LogP contribution in [0.2, 0.25) is 0 Å². The molecule has 0 heterocycles. The highest BCUT2D eigenvalue weighted by Crippen LogP contribution is 2.22. The first-order valence-corrected chi connectivity index (χ1v) is 5.11. The molecular weight excluding hydrogens is 251 g/mol. The van der Waals surface area contributed by atoms with Gasteiger partial charge in [0, 0.05) is 4.47 Å². The Morgan fingerprint density at radius 3 is 2.85 bits per heavy atom. The minimum atomic E-state index is 0.259. The Bertz CT molecular complexity index is 336. The summed E-state index contributed by atoms with van der Waals surface area (Å²) in [7, 11) is 0. The van der Waals surface area contributed by atoms with E-state index in [1.807, 2.05) is 25.1 Å². The first-order chi connectivity index (χ1) is 6.13.